The van der Waals surface area contributed by atoms with Gasteiger partial charge in [-0.15, -0.1) is 0 Å². The molecule has 1 unspecified atom stereocenters. The lowest BCUT2D eigenvalue weighted by atomic mass is 10.1. The van der Waals surface area contributed by atoms with Crippen LogP contribution in [0.25, 0.3) is 0 Å². The van der Waals surface area contributed by atoms with Crippen LogP contribution < -0.4 is 11.1 Å². The number of aromatic hydroxyl groups is 1. The van der Waals surface area contributed by atoms with Gasteiger partial charge in [-0.05, 0) is 25.5 Å². The summed E-state index contributed by atoms with van der Waals surface area (Å²) in [5.74, 6) is -0.400. The Morgan fingerprint density at radius 1 is 1.69 bits per heavy atom. The topological polar surface area (TPSA) is 88.2 Å². The minimum Gasteiger partial charge on any atom is -0.505 e. The molecule has 0 aromatic carbocycles. The maximum atomic E-state index is 11.8. The molecule has 88 valence electrons. The van der Waals surface area contributed by atoms with Crippen molar-refractivity contribution in [2.45, 2.75) is 25.8 Å². The Bertz CT molecular complexity index is 355. The number of pyridine rings is 1. The Morgan fingerprint density at radius 3 is 3.00 bits per heavy atom. The molecule has 0 saturated heterocycles. The van der Waals surface area contributed by atoms with Gasteiger partial charge in [0.25, 0.3) is 5.91 Å². The largest absolute Gasteiger partial charge is 0.505 e. The molecule has 1 aromatic heterocycles. The standard InChI is InChI=1S/C11H17N3O2/c1-2-8(3-5-12)14-11(16)9-4-6-13-7-10(9)15/h4,6-8,15H,2-3,5,12H2,1H3,(H,14,16). The predicted octanol–water partition coefficient (Wildman–Crippen LogP) is 0.644. The molecule has 16 heavy (non-hydrogen) atoms. The monoisotopic (exact) mass is 223 g/mol. The van der Waals surface area contributed by atoms with E-state index in [-0.39, 0.29) is 23.3 Å². The van der Waals surface area contributed by atoms with Crippen LogP contribution in [-0.2, 0) is 0 Å². The van der Waals surface area contributed by atoms with E-state index in [1.54, 1.807) is 0 Å². The van der Waals surface area contributed by atoms with Crippen LogP contribution in [0.4, 0.5) is 0 Å². The summed E-state index contributed by atoms with van der Waals surface area (Å²) in [5.41, 5.74) is 5.68. The van der Waals surface area contributed by atoms with E-state index in [2.05, 4.69) is 10.3 Å². The van der Waals surface area contributed by atoms with E-state index in [0.717, 1.165) is 12.8 Å². The molecule has 0 aliphatic carbocycles. The van der Waals surface area contributed by atoms with E-state index in [1.807, 2.05) is 6.92 Å². The summed E-state index contributed by atoms with van der Waals surface area (Å²) in [6, 6.07) is 1.53. The number of aromatic nitrogens is 1. The average Bonchev–Trinajstić information content (AvgIpc) is 2.28. The molecule has 1 heterocycles. The molecule has 0 radical (unpaired) electrons. The molecule has 0 spiro atoms. The molecule has 1 atom stereocenters. The number of amides is 1. The number of nitrogens with one attached hydrogen (secondary N) is 1. The van der Waals surface area contributed by atoms with Gasteiger partial charge < -0.3 is 16.2 Å². The smallest absolute Gasteiger partial charge is 0.255 e. The summed E-state index contributed by atoms with van der Waals surface area (Å²) in [5, 5.41) is 12.3. The lowest BCUT2D eigenvalue weighted by Crippen LogP contribution is -2.35. The van der Waals surface area contributed by atoms with E-state index >= 15 is 0 Å². The number of carbonyl (C=O) groups excluding carboxylic acids is 1. The first-order chi connectivity index (χ1) is 7.69. The average molecular weight is 223 g/mol. The minimum atomic E-state index is -0.291. The molecule has 4 N–H and O–H groups in total. The zero-order valence-electron chi connectivity index (χ0n) is 9.31. The van der Waals surface area contributed by atoms with Gasteiger partial charge in [0.1, 0.15) is 5.75 Å². The van der Waals surface area contributed by atoms with Gasteiger partial charge in [-0.25, -0.2) is 0 Å². The van der Waals surface area contributed by atoms with E-state index in [0.29, 0.717) is 6.54 Å². The Labute approximate surface area is 94.7 Å². The number of hydrogen-bond donors (Lipinski definition) is 3. The van der Waals surface area contributed by atoms with E-state index in [9.17, 15) is 9.90 Å². The Hall–Kier alpha value is -1.62. The van der Waals surface area contributed by atoms with Crippen molar-refractivity contribution in [1.82, 2.24) is 10.3 Å². The predicted molar refractivity (Wildman–Crippen MR) is 61.1 cm³/mol. The van der Waals surface area contributed by atoms with Crippen molar-refractivity contribution in [3.8, 4) is 5.75 Å². The maximum Gasteiger partial charge on any atom is 0.255 e. The highest BCUT2D eigenvalue weighted by Crippen LogP contribution is 2.14. The molecule has 0 bridgehead atoms. The first-order valence-electron chi connectivity index (χ1n) is 5.33. The highest BCUT2D eigenvalue weighted by atomic mass is 16.3. The summed E-state index contributed by atoms with van der Waals surface area (Å²) >= 11 is 0. The van der Waals surface area contributed by atoms with Crippen molar-refractivity contribution < 1.29 is 9.90 Å². The molecule has 5 heteroatoms. The zero-order valence-corrected chi connectivity index (χ0v) is 9.31. The van der Waals surface area contributed by atoms with Crippen LogP contribution >= 0.6 is 0 Å². The van der Waals surface area contributed by atoms with Gasteiger partial charge in [0.15, 0.2) is 0 Å². The van der Waals surface area contributed by atoms with Gasteiger partial charge in [0.2, 0.25) is 0 Å². The van der Waals surface area contributed by atoms with Gasteiger partial charge in [0.05, 0.1) is 11.8 Å². The van der Waals surface area contributed by atoms with Crippen molar-refractivity contribution in [3.63, 3.8) is 0 Å². The third-order valence-electron chi connectivity index (χ3n) is 2.39. The quantitative estimate of drug-likeness (QED) is 0.683. The fourth-order valence-corrected chi connectivity index (χ4v) is 1.42. The second-order valence-corrected chi connectivity index (χ2v) is 3.55. The lowest BCUT2D eigenvalue weighted by molar-refractivity contribution is 0.0931. The van der Waals surface area contributed by atoms with E-state index in [1.165, 1.54) is 18.5 Å². The Balaban J connectivity index is 2.68. The molecular weight excluding hydrogens is 206 g/mol. The molecule has 0 saturated carbocycles. The molecule has 1 amide bonds. The summed E-state index contributed by atoms with van der Waals surface area (Å²) in [6.07, 6.45) is 4.26. The molecule has 0 fully saturated rings. The first-order valence-corrected chi connectivity index (χ1v) is 5.33. The molecule has 1 rings (SSSR count). The fraction of sp³-hybridized carbons (Fsp3) is 0.455. The normalized spacial score (nSPS) is 12.1. The van der Waals surface area contributed by atoms with Crippen molar-refractivity contribution in [1.29, 1.82) is 0 Å². The summed E-state index contributed by atoms with van der Waals surface area (Å²) in [6.45, 7) is 2.51. The SMILES string of the molecule is CCC(CCN)NC(=O)c1ccncc1O. The third kappa shape index (κ3) is 3.20. The highest BCUT2D eigenvalue weighted by molar-refractivity contribution is 5.96. The molecule has 0 aliphatic heterocycles. The van der Waals surface area contributed by atoms with Crippen LogP contribution in [0.2, 0.25) is 0 Å². The maximum absolute atomic E-state index is 11.8. The Morgan fingerprint density at radius 2 is 2.44 bits per heavy atom. The van der Waals surface area contributed by atoms with E-state index in [4.69, 9.17) is 5.73 Å². The number of hydrogen-bond acceptors (Lipinski definition) is 4. The van der Waals surface area contributed by atoms with Crippen LogP contribution in [-0.4, -0.2) is 28.6 Å². The summed E-state index contributed by atoms with van der Waals surface area (Å²) < 4.78 is 0. The Kier molecular flexibility index (Phi) is 4.72. The molecular formula is C11H17N3O2. The van der Waals surface area contributed by atoms with Gasteiger partial charge in [-0.1, -0.05) is 6.92 Å². The lowest BCUT2D eigenvalue weighted by Gasteiger charge is -2.16. The van der Waals surface area contributed by atoms with Gasteiger partial charge in [-0.2, -0.15) is 0 Å². The minimum absolute atomic E-state index is 0.0464. The van der Waals surface area contributed by atoms with Crippen LogP contribution in [0.1, 0.15) is 30.1 Å². The number of nitrogens with zero attached hydrogens (tertiary/aromatic N) is 1. The number of rotatable bonds is 5. The first kappa shape index (κ1) is 12.4. The second kappa shape index (κ2) is 6.07. The zero-order chi connectivity index (χ0) is 12.0. The van der Waals surface area contributed by atoms with Crippen LogP contribution in [0, 0.1) is 0 Å². The van der Waals surface area contributed by atoms with Crippen LogP contribution in [0.15, 0.2) is 18.5 Å². The van der Waals surface area contributed by atoms with Gasteiger partial charge >= 0.3 is 0 Å². The van der Waals surface area contributed by atoms with Gasteiger partial charge in [-0.3, -0.25) is 9.78 Å². The van der Waals surface area contributed by atoms with Crippen molar-refractivity contribution in [2.24, 2.45) is 5.73 Å². The number of nitrogens with two attached hydrogens (primary N) is 1. The second-order valence-electron chi connectivity index (χ2n) is 3.55. The highest BCUT2D eigenvalue weighted by Gasteiger charge is 2.14. The van der Waals surface area contributed by atoms with Crippen LogP contribution in [0.5, 0.6) is 5.75 Å². The van der Waals surface area contributed by atoms with Crippen molar-refractivity contribution >= 4 is 5.91 Å². The fourth-order valence-electron chi connectivity index (χ4n) is 1.42. The third-order valence-corrected chi connectivity index (χ3v) is 2.39. The van der Waals surface area contributed by atoms with E-state index < -0.39 is 0 Å². The molecule has 0 aliphatic rings. The van der Waals surface area contributed by atoms with Crippen molar-refractivity contribution in [2.75, 3.05) is 6.54 Å². The molecule has 5 nitrogen and oxygen atoms in total. The summed E-state index contributed by atoms with van der Waals surface area (Å²) in [7, 11) is 0. The number of carbonyl (C=O) groups is 1. The van der Waals surface area contributed by atoms with Crippen molar-refractivity contribution in [3.05, 3.63) is 24.0 Å². The summed E-state index contributed by atoms with van der Waals surface area (Å²) in [4.78, 5) is 15.5. The molecule has 1 aromatic rings. The van der Waals surface area contributed by atoms with Gasteiger partial charge in [0, 0.05) is 12.2 Å². The van der Waals surface area contributed by atoms with Crippen LogP contribution in [0.3, 0.4) is 0 Å².